The monoisotopic (exact) mass is 652 g/mol. The Kier molecular flexibility index (Phi) is 16.2. The number of H-pyrrole nitrogens is 1. The summed E-state index contributed by atoms with van der Waals surface area (Å²) in [5.41, 5.74) is 0.631. The molecule has 2 aliphatic heterocycles. The standard InChI is InChI=1S/C28H44N8O8S/c37-10-7-32-27(41)20(15-19-16-29-18-33-19)34-25(40)6-5-24(39)31-9-12-44-14-13-43-11-8-30-23(38)4-2-1-3-22-26-21(17-45-22)35-28(42)36-26/h10,16,18,20-22,26H,1-9,11-15,17H2,(H,29,33)(H,30,38)(H,31,39)(H,32,41)(H,34,40)(H2,35,36,42)/t20-,21-,22-,26-/m0/s1. The summed E-state index contributed by atoms with van der Waals surface area (Å²) in [4.78, 5) is 77.5. The first-order valence-corrected chi connectivity index (χ1v) is 16.3. The summed E-state index contributed by atoms with van der Waals surface area (Å²) < 4.78 is 10.9. The summed E-state index contributed by atoms with van der Waals surface area (Å²) in [6.45, 7) is 1.81. The molecule has 1 aromatic rings. The fourth-order valence-corrected chi connectivity index (χ4v) is 6.43. The zero-order valence-electron chi connectivity index (χ0n) is 25.3. The van der Waals surface area contributed by atoms with Gasteiger partial charge in [-0.05, 0) is 12.8 Å². The van der Waals surface area contributed by atoms with Gasteiger partial charge in [0.05, 0.1) is 51.4 Å². The lowest BCUT2D eigenvalue weighted by molar-refractivity contribution is -0.130. The number of nitrogens with zero attached hydrogens (tertiary/aromatic N) is 1. The molecule has 16 nitrogen and oxygen atoms in total. The Morgan fingerprint density at radius 3 is 2.36 bits per heavy atom. The van der Waals surface area contributed by atoms with Gasteiger partial charge in [-0.3, -0.25) is 19.2 Å². The number of ether oxygens (including phenoxy) is 2. The summed E-state index contributed by atoms with van der Waals surface area (Å²) in [6.07, 6.45) is 6.68. The van der Waals surface area contributed by atoms with Crippen LogP contribution in [0.3, 0.4) is 0 Å². The molecule has 0 aromatic carbocycles. The van der Waals surface area contributed by atoms with Crippen molar-refractivity contribution in [1.82, 2.24) is 41.9 Å². The van der Waals surface area contributed by atoms with Crippen LogP contribution in [0.1, 0.15) is 44.2 Å². The van der Waals surface area contributed by atoms with E-state index in [1.807, 2.05) is 11.8 Å². The molecule has 2 aliphatic rings. The molecule has 3 rings (SSSR count). The summed E-state index contributed by atoms with van der Waals surface area (Å²) in [7, 11) is 0. The highest BCUT2D eigenvalue weighted by Crippen LogP contribution is 2.33. The number of carbonyl (C=O) groups excluding carboxylic acids is 6. The first kappa shape index (κ1) is 35.8. The van der Waals surface area contributed by atoms with Gasteiger partial charge in [0.2, 0.25) is 23.6 Å². The number of rotatable bonds is 23. The van der Waals surface area contributed by atoms with Crippen molar-refractivity contribution in [3.8, 4) is 0 Å². The van der Waals surface area contributed by atoms with Crippen molar-refractivity contribution < 1.29 is 38.2 Å². The van der Waals surface area contributed by atoms with E-state index in [0.29, 0.717) is 50.0 Å². The molecule has 6 amide bonds. The van der Waals surface area contributed by atoms with Gasteiger partial charge >= 0.3 is 6.03 Å². The van der Waals surface area contributed by atoms with Crippen molar-refractivity contribution in [3.05, 3.63) is 18.2 Å². The van der Waals surface area contributed by atoms with Crippen molar-refractivity contribution in [1.29, 1.82) is 0 Å². The zero-order chi connectivity index (χ0) is 32.3. The first-order chi connectivity index (χ1) is 21.9. The Morgan fingerprint density at radius 1 is 0.956 bits per heavy atom. The number of unbranched alkanes of at least 4 members (excludes halogenated alkanes) is 1. The fraction of sp³-hybridized carbons (Fsp3) is 0.679. The molecule has 0 radical (unpaired) electrons. The largest absolute Gasteiger partial charge is 0.377 e. The molecule has 0 saturated carbocycles. The van der Waals surface area contributed by atoms with Gasteiger partial charge in [0, 0.05) is 61.7 Å². The van der Waals surface area contributed by atoms with Crippen molar-refractivity contribution in [3.63, 3.8) is 0 Å². The van der Waals surface area contributed by atoms with Crippen LogP contribution < -0.4 is 31.9 Å². The Balaban J connectivity index is 1.11. The molecule has 0 spiro atoms. The van der Waals surface area contributed by atoms with E-state index in [1.165, 1.54) is 12.5 Å². The maximum absolute atomic E-state index is 12.3. The second kappa shape index (κ2) is 20.4. The van der Waals surface area contributed by atoms with Crippen LogP contribution in [0.15, 0.2) is 12.5 Å². The molecular weight excluding hydrogens is 608 g/mol. The highest BCUT2D eigenvalue weighted by atomic mass is 32.2. The number of hydrogen-bond donors (Lipinski definition) is 7. The fourth-order valence-electron chi connectivity index (χ4n) is 4.88. The number of imidazole rings is 1. The number of carbonyl (C=O) groups is 6. The van der Waals surface area contributed by atoms with E-state index >= 15 is 0 Å². The minimum absolute atomic E-state index is 0.00936. The van der Waals surface area contributed by atoms with E-state index in [4.69, 9.17) is 9.47 Å². The van der Waals surface area contributed by atoms with Gasteiger partial charge < -0.3 is 51.2 Å². The van der Waals surface area contributed by atoms with Gasteiger partial charge in [-0.15, -0.1) is 0 Å². The molecular formula is C28H44N8O8S. The molecule has 3 heterocycles. The molecule has 1 aromatic heterocycles. The Hall–Kier alpha value is -3.70. The molecule has 2 fully saturated rings. The van der Waals surface area contributed by atoms with Crippen LogP contribution in [0.25, 0.3) is 0 Å². The van der Waals surface area contributed by atoms with Gasteiger partial charge in [-0.25, -0.2) is 9.78 Å². The topological polar surface area (TPSA) is 222 Å². The van der Waals surface area contributed by atoms with Crippen LogP contribution in [0.2, 0.25) is 0 Å². The quantitative estimate of drug-likeness (QED) is 0.0413. The number of aromatic amines is 1. The number of nitrogens with one attached hydrogen (secondary N) is 7. The smallest absolute Gasteiger partial charge is 0.315 e. The van der Waals surface area contributed by atoms with E-state index < -0.39 is 17.9 Å². The third-order valence-electron chi connectivity index (χ3n) is 7.16. The summed E-state index contributed by atoms with van der Waals surface area (Å²) >= 11 is 1.87. The molecule has 250 valence electrons. The van der Waals surface area contributed by atoms with E-state index in [0.717, 1.165) is 25.0 Å². The number of fused-ring (bicyclic) bond motifs is 1. The lowest BCUT2D eigenvalue weighted by Gasteiger charge is -2.17. The van der Waals surface area contributed by atoms with Crippen molar-refractivity contribution in [2.24, 2.45) is 0 Å². The predicted molar refractivity (Wildman–Crippen MR) is 164 cm³/mol. The summed E-state index contributed by atoms with van der Waals surface area (Å²) in [5.74, 6) is -0.397. The van der Waals surface area contributed by atoms with Crippen LogP contribution in [0.4, 0.5) is 4.79 Å². The van der Waals surface area contributed by atoms with Crippen LogP contribution in [-0.2, 0) is 39.9 Å². The van der Waals surface area contributed by atoms with Crippen molar-refractivity contribution >= 4 is 47.7 Å². The third-order valence-corrected chi connectivity index (χ3v) is 8.67. The average molecular weight is 653 g/mol. The molecule has 0 bridgehead atoms. The lowest BCUT2D eigenvalue weighted by Crippen LogP contribution is -2.48. The lowest BCUT2D eigenvalue weighted by atomic mass is 10.0. The van der Waals surface area contributed by atoms with Crippen molar-refractivity contribution in [2.45, 2.75) is 68.3 Å². The number of urea groups is 1. The molecule has 17 heteroatoms. The van der Waals surface area contributed by atoms with E-state index in [-0.39, 0.29) is 68.9 Å². The maximum Gasteiger partial charge on any atom is 0.315 e. The second-order valence-electron chi connectivity index (χ2n) is 10.6. The number of aldehydes is 1. The molecule has 2 saturated heterocycles. The SMILES string of the molecule is O=CCNC(=O)[C@H](Cc1cnc[nH]1)NC(=O)CCC(=O)NCCOCCOCCNC(=O)CCCC[C@@H]1SC[C@@H]2NC(=O)N[C@@H]21. The van der Waals surface area contributed by atoms with Crippen LogP contribution in [0.5, 0.6) is 0 Å². The number of amides is 6. The molecule has 0 aliphatic carbocycles. The van der Waals surface area contributed by atoms with Gasteiger partial charge in [-0.2, -0.15) is 11.8 Å². The number of thioether (sulfide) groups is 1. The number of aromatic nitrogens is 2. The zero-order valence-corrected chi connectivity index (χ0v) is 26.1. The maximum atomic E-state index is 12.3. The van der Waals surface area contributed by atoms with Crippen LogP contribution in [-0.4, -0.2) is 121 Å². The first-order valence-electron chi connectivity index (χ1n) is 15.2. The Labute approximate surface area is 266 Å². The third kappa shape index (κ3) is 13.9. The van der Waals surface area contributed by atoms with E-state index in [2.05, 4.69) is 41.9 Å². The normalized spacial score (nSPS) is 19.1. The number of hydrogen-bond acceptors (Lipinski definition) is 10. The van der Waals surface area contributed by atoms with Gasteiger partial charge in [0.15, 0.2) is 0 Å². The van der Waals surface area contributed by atoms with E-state index in [1.54, 1.807) is 0 Å². The summed E-state index contributed by atoms with van der Waals surface area (Å²) in [5, 5.41) is 16.8. The molecule has 45 heavy (non-hydrogen) atoms. The minimum Gasteiger partial charge on any atom is -0.377 e. The van der Waals surface area contributed by atoms with Gasteiger partial charge in [-0.1, -0.05) is 6.42 Å². The second-order valence-corrected chi connectivity index (χ2v) is 11.9. The average Bonchev–Trinajstić information content (AvgIpc) is 3.76. The van der Waals surface area contributed by atoms with Crippen LogP contribution >= 0.6 is 11.8 Å². The van der Waals surface area contributed by atoms with E-state index in [9.17, 15) is 28.8 Å². The highest BCUT2D eigenvalue weighted by Gasteiger charge is 2.42. The highest BCUT2D eigenvalue weighted by molar-refractivity contribution is 8.00. The molecule has 0 unspecified atom stereocenters. The Bertz CT molecular complexity index is 1110. The molecule has 4 atom stereocenters. The van der Waals surface area contributed by atoms with Crippen molar-refractivity contribution in [2.75, 3.05) is 51.8 Å². The van der Waals surface area contributed by atoms with Gasteiger partial charge in [0.1, 0.15) is 12.3 Å². The Morgan fingerprint density at radius 2 is 1.67 bits per heavy atom. The summed E-state index contributed by atoms with van der Waals surface area (Å²) in [6, 6.07) is -0.591. The van der Waals surface area contributed by atoms with Crippen LogP contribution in [0, 0.1) is 0 Å². The molecule has 7 N–H and O–H groups in total. The predicted octanol–water partition coefficient (Wildman–Crippen LogP) is -1.48. The van der Waals surface area contributed by atoms with Gasteiger partial charge in [0.25, 0.3) is 0 Å². The minimum atomic E-state index is -0.921.